The van der Waals surface area contributed by atoms with Gasteiger partial charge in [-0.25, -0.2) is 8.42 Å². The van der Waals surface area contributed by atoms with Gasteiger partial charge in [-0.05, 0) is 67.4 Å². The van der Waals surface area contributed by atoms with Crippen LogP contribution in [0.25, 0.3) is 0 Å². The molecular weight excluding hydrogens is 428 g/mol. The van der Waals surface area contributed by atoms with Gasteiger partial charge in [0.05, 0.1) is 24.2 Å². The van der Waals surface area contributed by atoms with Gasteiger partial charge in [0.15, 0.2) is 6.10 Å². The maximum Gasteiger partial charge on any atom is 0.267 e. The molecule has 166 valence electrons. The molecule has 32 heavy (non-hydrogen) atoms. The Hall–Kier alpha value is -3.52. The lowest BCUT2D eigenvalue weighted by Crippen LogP contribution is -2.48. The van der Waals surface area contributed by atoms with Crippen molar-refractivity contribution in [3.8, 4) is 11.5 Å². The van der Waals surface area contributed by atoms with Crippen LogP contribution in [0.15, 0.2) is 71.6 Å². The lowest BCUT2D eigenvalue weighted by Gasteiger charge is -2.34. The number of ether oxygens (including phenoxy) is 2. The quantitative estimate of drug-likeness (QED) is 0.635. The van der Waals surface area contributed by atoms with E-state index in [2.05, 4.69) is 5.32 Å². The average Bonchev–Trinajstić information content (AvgIpc) is 2.80. The summed E-state index contributed by atoms with van der Waals surface area (Å²) in [6.07, 6.45) is -1.02. The van der Waals surface area contributed by atoms with Gasteiger partial charge in [-0.15, -0.1) is 0 Å². The number of nitrogens with zero attached hydrogens (tertiary/aromatic N) is 1. The van der Waals surface area contributed by atoms with Gasteiger partial charge < -0.3 is 14.8 Å². The average molecular weight is 453 g/mol. The highest BCUT2D eigenvalue weighted by Gasteiger charge is 2.37. The predicted molar refractivity (Wildman–Crippen MR) is 123 cm³/mol. The molecule has 7 nitrogen and oxygen atoms in total. The second kappa shape index (κ2) is 8.55. The molecule has 0 saturated heterocycles. The number of aryl methyl sites for hydroxylation is 2. The smallest absolute Gasteiger partial charge is 0.267 e. The lowest BCUT2D eigenvalue weighted by atomic mass is 10.1. The molecule has 8 heteroatoms. The van der Waals surface area contributed by atoms with Crippen molar-refractivity contribution in [1.82, 2.24) is 0 Å². The van der Waals surface area contributed by atoms with E-state index in [9.17, 15) is 13.2 Å². The Labute approximate surface area is 187 Å². The Morgan fingerprint density at radius 2 is 1.78 bits per heavy atom. The van der Waals surface area contributed by atoms with Crippen LogP contribution < -0.4 is 19.1 Å². The third-order valence-electron chi connectivity index (χ3n) is 5.33. The maximum absolute atomic E-state index is 13.5. The minimum absolute atomic E-state index is 0.101. The van der Waals surface area contributed by atoms with Gasteiger partial charge in [0.1, 0.15) is 11.5 Å². The molecule has 1 heterocycles. The predicted octanol–water partition coefficient (Wildman–Crippen LogP) is 3.91. The van der Waals surface area contributed by atoms with Gasteiger partial charge in [0, 0.05) is 5.69 Å². The highest BCUT2D eigenvalue weighted by Crippen LogP contribution is 2.37. The van der Waals surface area contributed by atoms with E-state index in [4.69, 9.17) is 9.47 Å². The topological polar surface area (TPSA) is 84.9 Å². The van der Waals surface area contributed by atoms with Gasteiger partial charge in [0.2, 0.25) is 0 Å². The highest BCUT2D eigenvalue weighted by atomic mass is 32.2. The van der Waals surface area contributed by atoms with Crippen molar-refractivity contribution < 1.29 is 22.7 Å². The summed E-state index contributed by atoms with van der Waals surface area (Å²) in [7, 11) is -2.42. The van der Waals surface area contributed by atoms with Gasteiger partial charge in [0.25, 0.3) is 15.9 Å². The number of methoxy groups -OCH3 is 1. The van der Waals surface area contributed by atoms with E-state index in [1.165, 1.54) is 23.5 Å². The Bertz CT molecular complexity index is 1260. The van der Waals surface area contributed by atoms with Crippen molar-refractivity contribution in [2.45, 2.75) is 24.8 Å². The van der Waals surface area contributed by atoms with Crippen LogP contribution in [0, 0.1) is 13.8 Å². The van der Waals surface area contributed by atoms with Crippen molar-refractivity contribution in [1.29, 1.82) is 0 Å². The van der Waals surface area contributed by atoms with Crippen molar-refractivity contribution in [3.05, 3.63) is 77.9 Å². The molecule has 0 saturated carbocycles. The molecule has 3 aromatic rings. The molecule has 0 aliphatic carbocycles. The first-order valence-corrected chi connectivity index (χ1v) is 11.5. The summed E-state index contributed by atoms with van der Waals surface area (Å²) < 4.78 is 39.2. The summed E-state index contributed by atoms with van der Waals surface area (Å²) in [5.74, 6) is 0.470. The van der Waals surface area contributed by atoms with Crippen LogP contribution in [0.5, 0.6) is 11.5 Å². The molecule has 1 atom stereocenters. The summed E-state index contributed by atoms with van der Waals surface area (Å²) in [6, 6.07) is 18.7. The number of anilines is 2. The monoisotopic (exact) mass is 452 g/mol. The zero-order chi connectivity index (χ0) is 22.9. The van der Waals surface area contributed by atoms with E-state index in [0.29, 0.717) is 22.9 Å². The summed E-state index contributed by atoms with van der Waals surface area (Å²) in [6.45, 7) is 3.68. The minimum Gasteiger partial charge on any atom is -0.497 e. The fraction of sp³-hybridized carbons (Fsp3) is 0.208. The fourth-order valence-corrected chi connectivity index (χ4v) is 5.00. The number of para-hydroxylation sites is 2. The van der Waals surface area contributed by atoms with Gasteiger partial charge in [-0.3, -0.25) is 9.10 Å². The molecule has 0 fully saturated rings. The molecular formula is C24H24N2O5S. The molecule has 1 aliphatic rings. The Balaban J connectivity index is 1.67. The summed E-state index contributed by atoms with van der Waals surface area (Å²) >= 11 is 0. The third-order valence-corrected chi connectivity index (χ3v) is 7.12. The van der Waals surface area contributed by atoms with Gasteiger partial charge in [-0.2, -0.15) is 0 Å². The second-order valence-corrected chi connectivity index (χ2v) is 9.46. The van der Waals surface area contributed by atoms with E-state index < -0.39 is 22.0 Å². The number of carbonyl (C=O) groups is 1. The summed E-state index contributed by atoms with van der Waals surface area (Å²) in [4.78, 5) is 13.2. The summed E-state index contributed by atoms with van der Waals surface area (Å²) in [5.41, 5.74) is 2.97. The van der Waals surface area contributed by atoms with E-state index in [-0.39, 0.29) is 11.4 Å². The molecule has 1 N–H and O–H groups in total. The number of benzene rings is 3. The van der Waals surface area contributed by atoms with Gasteiger partial charge in [-0.1, -0.05) is 24.3 Å². The molecule has 0 aromatic heterocycles. The van der Waals surface area contributed by atoms with Crippen molar-refractivity contribution in [2.24, 2.45) is 0 Å². The molecule has 1 amide bonds. The van der Waals surface area contributed by atoms with Crippen LogP contribution in [0.1, 0.15) is 11.1 Å². The van der Waals surface area contributed by atoms with Crippen LogP contribution in [0.3, 0.4) is 0 Å². The number of sulfonamides is 1. The normalized spacial score (nSPS) is 15.5. The minimum atomic E-state index is -3.94. The first-order valence-electron chi connectivity index (χ1n) is 10.1. The Morgan fingerprint density at radius 1 is 1.06 bits per heavy atom. The standard InChI is InChI=1S/C24H24N2O5S/c1-16-8-9-17(2)20(14-16)25-24(27)23-15-26(21-6-4-5-7-22(21)31-23)32(28,29)19-12-10-18(30-3)11-13-19/h4-14,23H,15H2,1-3H3,(H,25,27)/t23-/m0/s1. The number of nitrogens with one attached hydrogen (secondary N) is 1. The number of rotatable bonds is 5. The number of hydrogen-bond donors (Lipinski definition) is 1. The molecule has 4 rings (SSSR count). The largest absolute Gasteiger partial charge is 0.497 e. The van der Waals surface area contributed by atoms with Crippen molar-refractivity contribution in [3.63, 3.8) is 0 Å². The van der Waals surface area contributed by atoms with E-state index >= 15 is 0 Å². The van der Waals surface area contributed by atoms with Crippen LogP contribution in [0.4, 0.5) is 11.4 Å². The van der Waals surface area contributed by atoms with Crippen molar-refractivity contribution >= 4 is 27.3 Å². The molecule has 0 bridgehead atoms. The molecule has 3 aromatic carbocycles. The van der Waals surface area contributed by atoms with Crippen LogP contribution >= 0.6 is 0 Å². The molecule has 0 spiro atoms. The first-order chi connectivity index (χ1) is 15.3. The van der Waals surface area contributed by atoms with E-state index in [0.717, 1.165) is 11.1 Å². The molecule has 0 radical (unpaired) electrons. The SMILES string of the molecule is COc1ccc(S(=O)(=O)N2C[C@@H](C(=O)Nc3cc(C)ccc3C)Oc3ccccc32)cc1. The third kappa shape index (κ3) is 4.13. The molecule has 0 unspecified atom stereocenters. The van der Waals surface area contributed by atoms with Crippen LogP contribution in [-0.4, -0.2) is 34.1 Å². The van der Waals surface area contributed by atoms with Gasteiger partial charge >= 0.3 is 0 Å². The van der Waals surface area contributed by atoms with E-state index in [1.54, 1.807) is 36.4 Å². The number of fused-ring (bicyclic) bond motifs is 1. The zero-order valence-electron chi connectivity index (χ0n) is 18.0. The fourth-order valence-electron chi connectivity index (χ4n) is 3.53. The Morgan fingerprint density at radius 3 is 2.50 bits per heavy atom. The Kier molecular flexibility index (Phi) is 5.80. The van der Waals surface area contributed by atoms with Crippen molar-refractivity contribution in [2.75, 3.05) is 23.3 Å². The zero-order valence-corrected chi connectivity index (χ0v) is 18.8. The first kappa shape index (κ1) is 21.7. The molecule has 1 aliphatic heterocycles. The number of carbonyl (C=O) groups excluding carboxylic acids is 1. The maximum atomic E-state index is 13.5. The number of amides is 1. The van der Waals surface area contributed by atoms with E-state index in [1.807, 2.05) is 32.0 Å². The second-order valence-electron chi connectivity index (χ2n) is 7.59. The highest BCUT2D eigenvalue weighted by molar-refractivity contribution is 7.92. The number of hydrogen-bond acceptors (Lipinski definition) is 5. The summed E-state index contributed by atoms with van der Waals surface area (Å²) in [5, 5.41) is 2.88. The lowest BCUT2D eigenvalue weighted by molar-refractivity contribution is -0.122. The van der Waals surface area contributed by atoms with Crippen LogP contribution in [0.2, 0.25) is 0 Å². The van der Waals surface area contributed by atoms with Crippen LogP contribution in [-0.2, 0) is 14.8 Å².